The highest BCUT2D eigenvalue weighted by atomic mass is 35.5. The summed E-state index contributed by atoms with van der Waals surface area (Å²) in [5.74, 6) is 0.341. The third kappa shape index (κ3) is 3.09. The number of nitrogens with one attached hydrogen (secondary N) is 1. The number of aromatic amines is 1. The van der Waals surface area contributed by atoms with E-state index in [1.165, 1.54) is 0 Å². The van der Waals surface area contributed by atoms with Crippen molar-refractivity contribution >= 4 is 44.8 Å². The van der Waals surface area contributed by atoms with Crippen LogP contribution in [0, 0.1) is 0 Å². The number of hydrogen-bond acceptors (Lipinski definition) is 5. The van der Waals surface area contributed by atoms with Crippen molar-refractivity contribution in [2.24, 2.45) is 10.2 Å². The number of azo groups is 1. The molecule has 6 nitrogen and oxygen atoms in total. The molecule has 2 aromatic heterocycles. The number of halogens is 1. The van der Waals surface area contributed by atoms with Gasteiger partial charge in [0.25, 0.3) is 0 Å². The van der Waals surface area contributed by atoms with E-state index < -0.39 is 0 Å². The van der Waals surface area contributed by atoms with Gasteiger partial charge in [0.2, 0.25) is 11.7 Å². The summed E-state index contributed by atoms with van der Waals surface area (Å²) in [5, 5.41) is 30.5. The van der Waals surface area contributed by atoms with Crippen LogP contribution in [0.4, 0.5) is 11.5 Å². The van der Waals surface area contributed by atoms with Crippen LogP contribution in [0.2, 0.25) is 5.02 Å². The van der Waals surface area contributed by atoms with Gasteiger partial charge in [0.1, 0.15) is 5.69 Å². The standard InChI is InChI=1S/C22H14ClN5O/c23-14-11-9-13(10-12-14)19-15-5-1-2-6-16(15)21(27-25-19)28-26-20-17-7-3-4-8-18(17)24-22(20)29/h1-12,24,29H. The van der Waals surface area contributed by atoms with Crippen LogP contribution in [0.3, 0.4) is 0 Å². The van der Waals surface area contributed by atoms with Gasteiger partial charge in [-0.2, -0.15) is 0 Å². The molecule has 0 saturated carbocycles. The molecule has 5 rings (SSSR count). The van der Waals surface area contributed by atoms with Gasteiger partial charge in [0, 0.05) is 26.7 Å². The summed E-state index contributed by atoms with van der Waals surface area (Å²) in [7, 11) is 0. The van der Waals surface area contributed by atoms with Crippen LogP contribution in [0.25, 0.3) is 32.9 Å². The van der Waals surface area contributed by atoms with Gasteiger partial charge in [-0.15, -0.1) is 20.4 Å². The van der Waals surface area contributed by atoms with Crippen LogP contribution in [-0.4, -0.2) is 20.3 Å². The monoisotopic (exact) mass is 399 g/mol. The minimum Gasteiger partial charge on any atom is -0.493 e. The minimum atomic E-state index is -0.0370. The molecular weight excluding hydrogens is 386 g/mol. The highest BCUT2D eigenvalue weighted by molar-refractivity contribution is 6.30. The molecule has 0 bridgehead atoms. The molecule has 0 fully saturated rings. The van der Waals surface area contributed by atoms with Crippen molar-refractivity contribution in [3.8, 4) is 17.1 Å². The van der Waals surface area contributed by atoms with Crippen LogP contribution in [0.15, 0.2) is 83.0 Å². The maximum absolute atomic E-state index is 10.2. The first kappa shape index (κ1) is 17.3. The number of aromatic hydroxyl groups is 1. The van der Waals surface area contributed by atoms with E-state index >= 15 is 0 Å². The topological polar surface area (TPSA) is 86.5 Å². The van der Waals surface area contributed by atoms with Crippen LogP contribution < -0.4 is 0 Å². The molecule has 29 heavy (non-hydrogen) atoms. The molecule has 7 heteroatoms. The molecule has 0 aliphatic rings. The van der Waals surface area contributed by atoms with Crippen molar-refractivity contribution in [3.05, 3.63) is 77.8 Å². The van der Waals surface area contributed by atoms with Crippen LogP contribution in [0.5, 0.6) is 5.88 Å². The quantitative estimate of drug-likeness (QED) is 0.337. The zero-order valence-corrected chi connectivity index (χ0v) is 15.8. The smallest absolute Gasteiger partial charge is 0.218 e. The first-order valence-electron chi connectivity index (χ1n) is 8.93. The van der Waals surface area contributed by atoms with Gasteiger partial charge in [-0.3, -0.25) is 0 Å². The Morgan fingerprint density at radius 1 is 0.759 bits per heavy atom. The summed E-state index contributed by atoms with van der Waals surface area (Å²) >= 11 is 6.00. The highest BCUT2D eigenvalue weighted by Crippen LogP contribution is 2.37. The Hall–Kier alpha value is -3.77. The average molecular weight is 400 g/mol. The van der Waals surface area contributed by atoms with Crippen LogP contribution in [0.1, 0.15) is 0 Å². The Morgan fingerprint density at radius 2 is 1.45 bits per heavy atom. The van der Waals surface area contributed by atoms with E-state index in [9.17, 15) is 5.11 Å². The summed E-state index contributed by atoms with van der Waals surface area (Å²) in [6.07, 6.45) is 0. The second-order valence-electron chi connectivity index (χ2n) is 6.49. The number of benzene rings is 3. The molecule has 140 valence electrons. The van der Waals surface area contributed by atoms with Crippen molar-refractivity contribution in [2.45, 2.75) is 0 Å². The molecule has 0 atom stereocenters. The second kappa shape index (κ2) is 7.00. The SMILES string of the molecule is Oc1[nH]c2ccccc2c1N=Nc1nnc(-c2ccc(Cl)cc2)c2ccccc12. The predicted molar refractivity (Wildman–Crippen MR) is 114 cm³/mol. The van der Waals surface area contributed by atoms with Gasteiger partial charge in [0.15, 0.2) is 5.69 Å². The lowest BCUT2D eigenvalue weighted by molar-refractivity contribution is 0.459. The van der Waals surface area contributed by atoms with E-state index in [1.54, 1.807) is 0 Å². The maximum atomic E-state index is 10.2. The summed E-state index contributed by atoms with van der Waals surface area (Å²) in [5.41, 5.74) is 2.81. The average Bonchev–Trinajstić information content (AvgIpc) is 3.08. The number of nitrogens with zero attached hydrogens (tertiary/aromatic N) is 4. The normalized spacial score (nSPS) is 11.6. The number of fused-ring (bicyclic) bond motifs is 2. The van der Waals surface area contributed by atoms with E-state index in [2.05, 4.69) is 25.4 Å². The molecule has 0 unspecified atom stereocenters. The van der Waals surface area contributed by atoms with Gasteiger partial charge >= 0.3 is 0 Å². The third-order valence-electron chi connectivity index (χ3n) is 4.69. The Balaban J connectivity index is 1.63. The lowest BCUT2D eigenvalue weighted by atomic mass is 10.0. The van der Waals surface area contributed by atoms with Gasteiger partial charge in [0.05, 0.1) is 5.52 Å². The fraction of sp³-hybridized carbons (Fsp3) is 0. The van der Waals surface area contributed by atoms with Crippen molar-refractivity contribution in [1.29, 1.82) is 0 Å². The van der Waals surface area contributed by atoms with Gasteiger partial charge in [-0.05, 0) is 18.2 Å². The lowest BCUT2D eigenvalue weighted by Gasteiger charge is -2.06. The fourth-order valence-corrected chi connectivity index (χ4v) is 3.42. The van der Waals surface area contributed by atoms with Crippen molar-refractivity contribution in [3.63, 3.8) is 0 Å². The minimum absolute atomic E-state index is 0.0370. The molecule has 0 aliphatic heterocycles. The van der Waals surface area contributed by atoms with E-state index in [1.807, 2.05) is 72.8 Å². The molecule has 0 amide bonds. The molecule has 0 radical (unpaired) electrons. The van der Waals surface area contributed by atoms with E-state index in [4.69, 9.17) is 11.6 Å². The molecule has 2 heterocycles. The summed E-state index contributed by atoms with van der Waals surface area (Å²) in [4.78, 5) is 2.89. The Bertz CT molecular complexity index is 1380. The van der Waals surface area contributed by atoms with Crippen LogP contribution in [-0.2, 0) is 0 Å². The summed E-state index contributed by atoms with van der Waals surface area (Å²) < 4.78 is 0. The molecule has 5 aromatic rings. The molecule has 0 saturated heterocycles. The number of rotatable bonds is 3. The van der Waals surface area contributed by atoms with Crippen LogP contribution >= 0.6 is 11.6 Å². The summed E-state index contributed by atoms with van der Waals surface area (Å²) in [6.45, 7) is 0. The largest absolute Gasteiger partial charge is 0.493 e. The summed E-state index contributed by atoms with van der Waals surface area (Å²) in [6, 6.07) is 22.7. The predicted octanol–water partition coefficient (Wildman–Crippen LogP) is 6.55. The highest BCUT2D eigenvalue weighted by Gasteiger charge is 2.13. The number of H-pyrrole nitrogens is 1. The number of aromatic nitrogens is 3. The first-order valence-corrected chi connectivity index (χ1v) is 9.31. The second-order valence-corrected chi connectivity index (χ2v) is 6.93. The van der Waals surface area contributed by atoms with E-state index in [0.717, 1.165) is 32.9 Å². The number of hydrogen-bond donors (Lipinski definition) is 2. The van der Waals surface area contributed by atoms with Crippen molar-refractivity contribution in [1.82, 2.24) is 15.2 Å². The third-order valence-corrected chi connectivity index (χ3v) is 4.94. The molecule has 0 aliphatic carbocycles. The Morgan fingerprint density at radius 3 is 2.24 bits per heavy atom. The van der Waals surface area contributed by atoms with Crippen molar-refractivity contribution in [2.75, 3.05) is 0 Å². The molecule has 3 aromatic carbocycles. The fourth-order valence-electron chi connectivity index (χ4n) is 3.30. The lowest BCUT2D eigenvalue weighted by Crippen LogP contribution is -1.90. The number of para-hydroxylation sites is 1. The van der Waals surface area contributed by atoms with E-state index in [0.29, 0.717) is 16.5 Å². The first-order chi connectivity index (χ1) is 14.2. The van der Waals surface area contributed by atoms with Gasteiger partial charge < -0.3 is 10.1 Å². The Labute approximate surface area is 170 Å². The van der Waals surface area contributed by atoms with Gasteiger partial charge in [-0.25, -0.2) is 0 Å². The molecule has 2 N–H and O–H groups in total. The van der Waals surface area contributed by atoms with Crippen molar-refractivity contribution < 1.29 is 5.11 Å². The van der Waals surface area contributed by atoms with E-state index in [-0.39, 0.29) is 5.88 Å². The Kier molecular flexibility index (Phi) is 4.18. The molecule has 0 spiro atoms. The molecular formula is C22H14ClN5O. The zero-order chi connectivity index (χ0) is 19.8. The zero-order valence-electron chi connectivity index (χ0n) is 15.0. The maximum Gasteiger partial charge on any atom is 0.218 e. The van der Waals surface area contributed by atoms with Gasteiger partial charge in [-0.1, -0.05) is 66.2 Å².